The van der Waals surface area contributed by atoms with Gasteiger partial charge in [-0.3, -0.25) is 9.36 Å². The van der Waals surface area contributed by atoms with Crippen LogP contribution in [-0.4, -0.2) is 83.1 Å². The van der Waals surface area contributed by atoms with Crippen molar-refractivity contribution in [3.05, 3.63) is 6.33 Å². The highest BCUT2D eigenvalue weighted by molar-refractivity contribution is 7.98. The number of aliphatic hydroxyl groups is 4. The molecule has 2 aromatic rings. The maximum Gasteiger partial charge on any atom is 0.254 e. The van der Waals surface area contributed by atoms with Gasteiger partial charge in [0, 0.05) is 0 Å². The number of aromatic nitrogens is 4. The van der Waals surface area contributed by atoms with Crippen molar-refractivity contribution >= 4 is 34.7 Å². The number of amides is 1. The van der Waals surface area contributed by atoms with Crippen LogP contribution in [0.15, 0.2) is 11.5 Å². The van der Waals surface area contributed by atoms with Crippen molar-refractivity contribution in [2.75, 3.05) is 18.2 Å². The molecule has 1 aliphatic heterocycles. The van der Waals surface area contributed by atoms with Crippen molar-refractivity contribution in [2.45, 2.75) is 49.6 Å². The molecule has 3 heterocycles. The van der Waals surface area contributed by atoms with E-state index in [0.29, 0.717) is 5.16 Å². The summed E-state index contributed by atoms with van der Waals surface area (Å²) in [5.41, 5.74) is 0.503. The molecule has 11 nitrogen and oxygen atoms in total. The Bertz CT molecular complexity index is 861. The Morgan fingerprint density at radius 2 is 2.07 bits per heavy atom. The lowest BCUT2D eigenvalue weighted by Gasteiger charge is -2.17. The molecule has 0 aliphatic carbocycles. The Labute approximate surface area is 164 Å². The first-order valence-electron chi connectivity index (χ1n) is 8.68. The third-order valence-electron chi connectivity index (χ3n) is 4.52. The van der Waals surface area contributed by atoms with Crippen LogP contribution in [-0.2, 0) is 9.53 Å². The summed E-state index contributed by atoms with van der Waals surface area (Å²) in [6.45, 7) is 2.97. The molecule has 28 heavy (non-hydrogen) atoms. The van der Waals surface area contributed by atoms with E-state index in [-0.39, 0.29) is 22.9 Å². The van der Waals surface area contributed by atoms with Gasteiger partial charge in [0.25, 0.3) is 5.91 Å². The molecule has 0 spiro atoms. The van der Waals surface area contributed by atoms with Crippen molar-refractivity contribution in [1.29, 1.82) is 0 Å². The zero-order valence-corrected chi connectivity index (χ0v) is 16.4. The van der Waals surface area contributed by atoms with Crippen LogP contribution in [0, 0.1) is 5.92 Å². The van der Waals surface area contributed by atoms with Gasteiger partial charge in [-0.1, -0.05) is 25.6 Å². The summed E-state index contributed by atoms with van der Waals surface area (Å²) < 4.78 is 6.94. The second kappa shape index (κ2) is 8.27. The molecule has 154 valence electrons. The summed E-state index contributed by atoms with van der Waals surface area (Å²) in [6, 6.07) is 0. The van der Waals surface area contributed by atoms with E-state index in [1.807, 2.05) is 0 Å². The predicted molar refractivity (Wildman–Crippen MR) is 99.6 cm³/mol. The molecule has 0 bridgehead atoms. The smallest absolute Gasteiger partial charge is 0.254 e. The number of ether oxygens (including phenoxy) is 1. The highest BCUT2D eigenvalue weighted by atomic mass is 32.2. The van der Waals surface area contributed by atoms with E-state index in [1.54, 1.807) is 20.1 Å². The molecule has 1 fully saturated rings. The Morgan fingerprint density at radius 1 is 1.36 bits per heavy atom. The van der Waals surface area contributed by atoms with Crippen LogP contribution in [0.4, 0.5) is 5.82 Å². The number of nitrogens with one attached hydrogen (secondary N) is 1. The van der Waals surface area contributed by atoms with E-state index in [2.05, 4.69) is 20.3 Å². The third kappa shape index (κ3) is 3.71. The molecule has 12 heteroatoms. The lowest BCUT2D eigenvalue weighted by Crippen LogP contribution is -2.33. The van der Waals surface area contributed by atoms with Gasteiger partial charge in [0.15, 0.2) is 28.4 Å². The number of nitrogens with zero attached hydrogens (tertiary/aromatic N) is 4. The van der Waals surface area contributed by atoms with Gasteiger partial charge < -0.3 is 30.5 Å². The van der Waals surface area contributed by atoms with Crippen LogP contribution in [0.1, 0.15) is 20.1 Å². The summed E-state index contributed by atoms with van der Waals surface area (Å²) in [7, 11) is 0. The second-order valence-electron chi connectivity index (χ2n) is 6.79. The van der Waals surface area contributed by atoms with Crippen molar-refractivity contribution in [1.82, 2.24) is 19.5 Å². The summed E-state index contributed by atoms with van der Waals surface area (Å²) in [4.78, 5) is 25.1. The van der Waals surface area contributed by atoms with Crippen LogP contribution in [0.3, 0.4) is 0 Å². The molecule has 5 N–H and O–H groups in total. The minimum absolute atomic E-state index is 0.115. The molecule has 1 unspecified atom stereocenters. The zero-order chi connectivity index (χ0) is 20.6. The number of aliphatic hydroxyl groups excluding tert-OH is 4. The van der Waals surface area contributed by atoms with Crippen molar-refractivity contribution in [2.24, 2.45) is 5.92 Å². The molecule has 1 aliphatic rings. The molecule has 3 rings (SSSR count). The summed E-state index contributed by atoms with van der Waals surface area (Å²) in [6.07, 6.45) is -2.66. The lowest BCUT2D eigenvalue weighted by atomic mass is 10.1. The van der Waals surface area contributed by atoms with E-state index in [4.69, 9.17) is 4.74 Å². The third-order valence-corrected chi connectivity index (χ3v) is 5.06. The van der Waals surface area contributed by atoms with Gasteiger partial charge >= 0.3 is 0 Å². The van der Waals surface area contributed by atoms with Gasteiger partial charge in [-0.05, 0) is 12.2 Å². The summed E-state index contributed by atoms with van der Waals surface area (Å²) >= 11 is 1.23. The first-order valence-corrected chi connectivity index (χ1v) is 9.90. The van der Waals surface area contributed by atoms with Crippen LogP contribution in [0.25, 0.3) is 11.2 Å². The fourth-order valence-electron chi connectivity index (χ4n) is 2.86. The SMILES string of the molecule is CSc1nc(NC(=O)C(O)C(C)C)c2ncn([C@@H]3O[C@H](CO)[C@@H](O)[C@H]3O)c2n1. The fourth-order valence-corrected chi connectivity index (χ4v) is 3.22. The topological polar surface area (TPSA) is 163 Å². The monoisotopic (exact) mass is 413 g/mol. The number of fused-ring (bicyclic) bond motifs is 1. The molecule has 1 amide bonds. The van der Waals surface area contributed by atoms with Gasteiger partial charge in [0.2, 0.25) is 0 Å². The van der Waals surface area contributed by atoms with Crippen LogP contribution >= 0.6 is 11.8 Å². The number of hydrogen-bond acceptors (Lipinski definition) is 10. The molecule has 0 radical (unpaired) electrons. The number of imidazole rings is 1. The van der Waals surface area contributed by atoms with Gasteiger partial charge in [-0.25, -0.2) is 15.0 Å². The summed E-state index contributed by atoms with van der Waals surface area (Å²) in [5.74, 6) is -0.789. The van der Waals surface area contributed by atoms with Crippen molar-refractivity contribution < 1.29 is 30.0 Å². The van der Waals surface area contributed by atoms with Gasteiger partial charge in [-0.15, -0.1) is 0 Å². The molecule has 0 saturated carbocycles. The molecular weight excluding hydrogens is 390 g/mol. The normalized spacial score (nSPS) is 26.1. The number of carbonyl (C=O) groups excluding carboxylic acids is 1. The van der Waals surface area contributed by atoms with E-state index in [0.717, 1.165) is 0 Å². The zero-order valence-electron chi connectivity index (χ0n) is 15.6. The van der Waals surface area contributed by atoms with Crippen LogP contribution in [0.2, 0.25) is 0 Å². The predicted octanol–water partition coefficient (Wildman–Crippen LogP) is -0.885. The Balaban J connectivity index is 2.01. The van der Waals surface area contributed by atoms with E-state index in [9.17, 15) is 25.2 Å². The molecular formula is C16H23N5O6S. The standard InChI is InChI=1S/C16H23N5O6S/c1-6(2)9(23)14(26)18-12-8-13(20-16(19-12)28-3)21(5-17-8)15-11(25)10(24)7(4-22)27-15/h5-7,9-11,15,22-25H,4H2,1-3H3,(H,18,19,20,26)/t7-,9?,10-,11-,15-/m1/s1. The number of hydrogen-bond donors (Lipinski definition) is 5. The largest absolute Gasteiger partial charge is 0.394 e. The molecule has 1 saturated heterocycles. The number of thioether (sulfide) groups is 1. The maximum absolute atomic E-state index is 12.2. The number of rotatable bonds is 6. The minimum Gasteiger partial charge on any atom is -0.394 e. The van der Waals surface area contributed by atoms with E-state index >= 15 is 0 Å². The number of anilines is 1. The number of carbonyl (C=O) groups is 1. The van der Waals surface area contributed by atoms with Crippen LogP contribution < -0.4 is 5.32 Å². The van der Waals surface area contributed by atoms with E-state index in [1.165, 1.54) is 22.7 Å². The first kappa shape index (κ1) is 20.9. The van der Waals surface area contributed by atoms with Gasteiger partial charge in [0.1, 0.15) is 24.4 Å². The minimum atomic E-state index is -1.30. The van der Waals surface area contributed by atoms with Crippen molar-refractivity contribution in [3.8, 4) is 0 Å². The Kier molecular flexibility index (Phi) is 6.17. The highest BCUT2D eigenvalue weighted by Gasteiger charge is 2.44. The van der Waals surface area contributed by atoms with E-state index < -0.39 is 43.2 Å². The lowest BCUT2D eigenvalue weighted by molar-refractivity contribution is -0.125. The van der Waals surface area contributed by atoms with Gasteiger partial charge in [0.05, 0.1) is 12.9 Å². The average Bonchev–Trinajstić information content (AvgIpc) is 3.22. The van der Waals surface area contributed by atoms with Crippen molar-refractivity contribution in [3.63, 3.8) is 0 Å². The Hall–Kier alpha value is -1.83. The highest BCUT2D eigenvalue weighted by Crippen LogP contribution is 2.33. The molecule has 5 atom stereocenters. The average molecular weight is 413 g/mol. The molecule has 0 aromatic carbocycles. The summed E-state index contributed by atoms with van der Waals surface area (Å²) in [5, 5.41) is 42.4. The van der Waals surface area contributed by atoms with Crippen LogP contribution in [0.5, 0.6) is 0 Å². The second-order valence-corrected chi connectivity index (χ2v) is 7.56. The Morgan fingerprint density at radius 3 is 2.64 bits per heavy atom. The quantitative estimate of drug-likeness (QED) is 0.297. The molecule has 2 aromatic heterocycles. The fraction of sp³-hybridized carbons (Fsp3) is 0.625. The maximum atomic E-state index is 12.2. The van der Waals surface area contributed by atoms with Gasteiger partial charge in [-0.2, -0.15) is 0 Å². The first-order chi connectivity index (χ1) is 13.3.